The van der Waals surface area contributed by atoms with E-state index in [2.05, 4.69) is 15.1 Å². The lowest BCUT2D eigenvalue weighted by atomic mass is 10.2. The van der Waals surface area contributed by atoms with Crippen molar-refractivity contribution in [3.8, 4) is 0 Å². The third kappa shape index (κ3) is 5.47. The van der Waals surface area contributed by atoms with E-state index in [-0.39, 0.29) is 22.6 Å². The van der Waals surface area contributed by atoms with Gasteiger partial charge in [0.2, 0.25) is 5.91 Å². The molecule has 3 rings (SSSR count). The van der Waals surface area contributed by atoms with Crippen LogP contribution in [-0.4, -0.2) is 83.3 Å². The molecule has 0 aliphatic carbocycles. The molecule has 1 N–H and O–H groups in total. The van der Waals surface area contributed by atoms with Crippen molar-refractivity contribution < 1.29 is 9.72 Å². The zero-order chi connectivity index (χ0) is 21.5. The number of benzene rings is 1. The maximum Gasteiger partial charge on any atom is 0.269 e. The molecule has 2 heterocycles. The van der Waals surface area contributed by atoms with Gasteiger partial charge in [-0.2, -0.15) is 0 Å². The van der Waals surface area contributed by atoms with Gasteiger partial charge in [-0.3, -0.25) is 19.8 Å². The van der Waals surface area contributed by atoms with Gasteiger partial charge in [0, 0.05) is 57.9 Å². The van der Waals surface area contributed by atoms with Gasteiger partial charge in [0.15, 0.2) is 5.96 Å². The molecule has 1 atom stereocenters. The first kappa shape index (κ1) is 22.0. The molecule has 1 aromatic rings. The first-order chi connectivity index (χ1) is 14.5. The highest BCUT2D eigenvalue weighted by Crippen LogP contribution is 2.16. The Labute approximate surface area is 177 Å². The quantitative estimate of drug-likeness (QED) is 0.328. The molecule has 1 unspecified atom stereocenters. The maximum absolute atomic E-state index is 12.7. The van der Waals surface area contributed by atoms with Gasteiger partial charge in [-0.1, -0.05) is 12.1 Å². The number of amides is 1. The zero-order valence-electron chi connectivity index (χ0n) is 17.9. The van der Waals surface area contributed by atoms with Crippen LogP contribution in [0, 0.1) is 10.1 Å². The molecule has 0 aromatic heterocycles. The first-order valence-corrected chi connectivity index (χ1v) is 10.8. The highest BCUT2D eigenvalue weighted by Gasteiger charge is 2.30. The average molecular weight is 417 g/mol. The summed E-state index contributed by atoms with van der Waals surface area (Å²) in [4.78, 5) is 34.4. The van der Waals surface area contributed by atoms with Crippen molar-refractivity contribution in [1.29, 1.82) is 0 Å². The number of nitro groups is 1. The monoisotopic (exact) mass is 416 g/mol. The van der Waals surface area contributed by atoms with Gasteiger partial charge < -0.3 is 15.1 Å². The average Bonchev–Trinajstić information content (AvgIpc) is 3.31. The summed E-state index contributed by atoms with van der Waals surface area (Å²) in [6.45, 7) is 10.1. The van der Waals surface area contributed by atoms with Gasteiger partial charge in [-0.05, 0) is 32.3 Å². The van der Waals surface area contributed by atoms with Gasteiger partial charge in [-0.15, -0.1) is 0 Å². The Morgan fingerprint density at radius 1 is 1.17 bits per heavy atom. The van der Waals surface area contributed by atoms with Crippen molar-refractivity contribution in [2.24, 2.45) is 4.99 Å². The predicted octanol–water partition coefficient (Wildman–Crippen LogP) is 1.69. The molecule has 2 fully saturated rings. The van der Waals surface area contributed by atoms with Crippen molar-refractivity contribution in [3.05, 3.63) is 39.9 Å². The fraction of sp³-hybridized carbons (Fsp3) is 0.619. The Hall–Kier alpha value is -2.68. The van der Waals surface area contributed by atoms with Crippen LogP contribution in [0.3, 0.4) is 0 Å². The van der Waals surface area contributed by atoms with Crippen LogP contribution >= 0.6 is 0 Å². The normalized spacial score (nSPS) is 19.1. The second kappa shape index (κ2) is 10.4. The summed E-state index contributed by atoms with van der Waals surface area (Å²) in [6, 6.07) is 6.50. The lowest BCUT2D eigenvalue weighted by molar-refractivity contribution is -0.384. The minimum atomic E-state index is -0.387. The van der Waals surface area contributed by atoms with Crippen LogP contribution in [0.5, 0.6) is 0 Å². The highest BCUT2D eigenvalue weighted by molar-refractivity contribution is 5.82. The fourth-order valence-corrected chi connectivity index (χ4v) is 4.04. The van der Waals surface area contributed by atoms with E-state index in [9.17, 15) is 14.9 Å². The number of rotatable bonds is 6. The van der Waals surface area contributed by atoms with E-state index in [0.717, 1.165) is 70.2 Å². The minimum absolute atomic E-state index is 0.0815. The summed E-state index contributed by atoms with van der Waals surface area (Å²) in [5.74, 6) is 1.05. The van der Waals surface area contributed by atoms with Crippen molar-refractivity contribution in [2.45, 2.75) is 39.3 Å². The summed E-state index contributed by atoms with van der Waals surface area (Å²) in [6.07, 6.45) is 2.22. The van der Waals surface area contributed by atoms with E-state index >= 15 is 0 Å². The first-order valence-electron chi connectivity index (χ1n) is 10.8. The van der Waals surface area contributed by atoms with Crippen molar-refractivity contribution in [1.82, 2.24) is 20.0 Å². The number of aliphatic imine (C=N–C) groups is 1. The van der Waals surface area contributed by atoms with Crippen molar-refractivity contribution >= 4 is 17.6 Å². The van der Waals surface area contributed by atoms with Gasteiger partial charge in [-0.25, -0.2) is 4.99 Å². The summed E-state index contributed by atoms with van der Waals surface area (Å²) >= 11 is 0. The molecule has 0 spiro atoms. The molecule has 2 aliphatic rings. The Morgan fingerprint density at radius 3 is 2.50 bits per heavy atom. The molecule has 0 bridgehead atoms. The van der Waals surface area contributed by atoms with E-state index in [4.69, 9.17) is 4.99 Å². The molecule has 30 heavy (non-hydrogen) atoms. The fourth-order valence-electron chi connectivity index (χ4n) is 4.04. The number of carbonyl (C=O) groups is 1. The van der Waals surface area contributed by atoms with Crippen LogP contribution in [0.25, 0.3) is 0 Å². The molecule has 9 heteroatoms. The molecular formula is C21H32N6O3. The second-order valence-electron chi connectivity index (χ2n) is 7.83. The van der Waals surface area contributed by atoms with Gasteiger partial charge in [0.1, 0.15) is 0 Å². The van der Waals surface area contributed by atoms with E-state index in [1.54, 1.807) is 12.1 Å². The number of piperazine rings is 1. The van der Waals surface area contributed by atoms with Crippen LogP contribution < -0.4 is 5.32 Å². The van der Waals surface area contributed by atoms with E-state index in [0.29, 0.717) is 6.54 Å². The van der Waals surface area contributed by atoms with E-state index < -0.39 is 0 Å². The van der Waals surface area contributed by atoms with Crippen LogP contribution in [0.4, 0.5) is 5.69 Å². The molecule has 164 valence electrons. The number of carbonyl (C=O) groups excluding carboxylic acids is 1. The molecule has 9 nitrogen and oxygen atoms in total. The summed E-state index contributed by atoms with van der Waals surface area (Å²) < 4.78 is 0. The third-order valence-corrected chi connectivity index (χ3v) is 5.80. The van der Waals surface area contributed by atoms with Crippen LogP contribution in [0.15, 0.2) is 29.3 Å². The van der Waals surface area contributed by atoms with Crippen LogP contribution in [0.2, 0.25) is 0 Å². The number of nitro benzene ring substituents is 1. The molecular weight excluding hydrogens is 384 g/mol. The molecule has 1 aromatic carbocycles. The zero-order valence-corrected chi connectivity index (χ0v) is 17.9. The SMILES string of the molecule is CCNC(=NCc1cccc([N+](=O)[O-])c1)N1CCN(C(C)C(=O)N2CCCC2)CC1. The van der Waals surface area contributed by atoms with Gasteiger partial charge >= 0.3 is 0 Å². The highest BCUT2D eigenvalue weighted by atomic mass is 16.6. The number of nitrogens with one attached hydrogen (secondary N) is 1. The smallest absolute Gasteiger partial charge is 0.269 e. The van der Waals surface area contributed by atoms with Crippen molar-refractivity contribution in [3.63, 3.8) is 0 Å². The second-order valence-corrected chi connectivity index (χ2v) is 7.83. The Morgan fingerprint density at radius 2 is 1.87 bits per heavy atom. The standard InChI is InChI=1S/C21H32N6O3/c1-3-22-21(23-16-18-7-6-8-19(15-18)27(29)30)26-13-11-24(12-14-26)17(2)20(28)25-9-4-5-10-25/h6-8,15,17H,3-5,9-14,16H2,1-2H3,(H,22,23). The number of nitrogens with zero attached hydrogens (tertiary/aromatic N) is 5. The van der Waals surface area contributed by atoms with Gasteiger partial charge in [0.25, 0.3) is 5.69 Å². The summed E-state index contributed by atoms with van der Waals surface area (Å²) in [5, 5.41) is 14.3. The largest absolute Gasteiger partial charge is 0.357 e. The van der Waals surface area contributed by atoms with E-state index in [1.165, 1.54) is 6.07 Å². The maximum atomic E-state index is 12.7. The van der Waals surface area contributed by atoms with E-state index in [1.807, 2.05) is 24.8 Å². The Bertz CT molecular complexity index is 770. The molecule has 1 amide bonds. The predicted molar refractivity (Wildman–Crippen MR) is 116 cm³/mol. The topological polar surface area (TPSA) is 94.3 Å². The number of non-ortho nitro benzene ring substituents is 1. The lowest BCUT2D eigenvalue weighted by Gasteiger charge is -2.39. The van der Waals surface area contributed by atoms with Gasteiger partial charge in [0.05, 0.1) is 17.5 Å². The Balaban J connectivity index is 1.58. The Kier molecular flexibility index (Phi) is 7.62. The van der Waals surface area contributed by atoms with Crippen LogP contribution in [0.1, 0.15) is 32.3 Å². The minimum Gasteiger partial charge on any atom is -0.357 e. The molecule has 2 saturated heterocycles. The third-order valence-electron chi connectivity index (χ3n) is 5.80. The molecule has 2 aliphatic heterocycles. The number of guanidine groups is 1. The molecule has 0 radical (unpaired) electrons. The molecule has 0 saturated carbocycles. The van der Waals surface area contributed by atoms with Crippen molar-refractivity contribution in [2.75, 3.05) is 45.8 Å². The number of hydrogen-bond donors (Lipinski definition) is 1. The lowest BCUT2D eigenvalue weighted by Crippen LogP contribution is -2.57. The number of likely N-dealkylation sites (tertiary alicyclic amines) is 1. The van der Waals surface area contributed by atoms with Crippen LogP contribution in [-0.2, 0) is 11.3 Å². The number of hydrogen-bond acceptors (Lipinski definition) is 5. The summed E-state index contributed by atoms with van der Waals surface area (Å²) in [5.41, 5.74) is 0.890. The summed E-state index contributed by atoms with van der Waals surface area (Å²) in [7, 11) is 0.